The van der Waals surface area contributed by atoms with Gasteiger partial charge in [-0.25, -0.2) is 9.78 Å². The maximum Gasteiger partial charge on any atom is 0.356 e. The molecule has 1 aliphatic heterocycles. The molecule has 0 aliphatic carbocycles. The van der Waals surface area contributed by atoms with Gasteiger partial charge in [-0.2, -0.15) is 0 Å². The van der Waals surface area contributed by atoms with Gasteiger partial charge in [0.25, 0.3) is 0 Å². The zero-order valence-corrected chi connectivity index (χ0v) is 11.3. The summed E-state index contributed by atoms with van der Waals surface area (Å²) < 4.78 is 7.20. The largest absolute Gasteiger partial charge is 0.476 e. The van der Waals surface area contributed by atoms with E-state index in [2.05, 4.69) is 4.98 Å². The predicted molar refractivity (Wildman–Crippen MR) is 74.4 cm³/mol. The van der Waals surface area contributed by atoms with Gasteiger partial charge >= 0.3 is 5.97 Å². The number of rotatable bonds is 4. The summed E-state index contributed by atoms with van der Waals surface area (Å²) in [5.41, 5.74) is 0.834. The van der Waals surface area contributed by atoms with Crippen molar-refractivity contribution in [3.63, 3.8) is 0 Å². The molecule has 1 aliphatic rings. The number of hydrogen-bond acceptors (Lipinski definition) is 4. The van der Waals surface area contributed by atoms with Crippen molar-refractivity contribution in [3.8, 4) is 0 Å². The Hall–Kier alpha value is -2.08. The van der Waals surface area contributed by atoms with Gasteiger partial charge in [-0.3, -0.25) is 4.40 Å². The van der Waals surface area contributed by atoms with Crippen LogP contribution in [0.1, 0.15) is 23.3 Å². The van der Waals surface area contributed by atoms with E-state index in [1.165, 1.54) is 0 Å². The minimum absolute atomic E-state index is 0.159. The third-order valence-corrected chi connectivity index (χ3v) is 3.58. The lowest BCUT2D eigenvalue weighted by Gasteiger charge is -2.20. The molecule has 1 N–H and O–H groups in total. The highest BCUT2D eigenvalue weighted by Crippen LogP contribution is 2.23. The Labute approximate surface area is 116 Å². The average molecular weight is 275 g/mol. The van der Waals surface area contributed by atoms with Crippen LogP contribution in [0.2, 0.25) is 0 Å². The summed E-state index contributed by atoms with van der Waals surface area (Å²) in [6.07, 6.45) is 3.96. The number of aromatic nitrogens is 2. The Bertz CT molecular complexity index is 632. The first-order valence-corrected chi connectivity index (χ1v) is 6.70. The summed E-state index contributed by atoms with van der Waals surface area (Å²) in [7, 11) is 1.86. The van der Waals surface area contributed by atoms with Gasteiger partial charge in [0.1, 0.15) is 5.65 Å². The van der Waals surface area contributed by atoms with Gasteiger partial charge in [-0.1, -0.05) is 6.07 Å². The van der Waals surface area contributed by atoms with Crippen LogP contribution in [0.15, 0.2) is 24.4 Å². The first-order valence-electron chi connectivity index (χ1n) is 6.70. The number of carboxylic acids is 1. The fourth-order valence-corrected chi connectivity index (χ4v) is 2.63. The molecule has 0 bridgehead atoms. The number of pyridine rings is 1. The van der Waals surface area contributed by atoms with E-state index in [-0.39, 0.29) is 11.8 Å². The summed E-state index contributed by atoms with van der Waals surface area (Å²) in [6, 6.07) is 5.44. The van der Waals surface area contributed by atoms with Crippen molar-refractivity contribution in [1.82, 2.24) is 9.38 Å². The number of aromatic carboxylic acids is 1. The van der Waals surface area contributed by atoms with Gasteiger partial charge in [-0.05, 0) is 25.0 Å². The molecule has 0 radical (unpaired) electrons. The molecule has 1 atom stereocenters. The number of anilines is 1. The molecule has 1 fully saturated rings. The molecule has 1 unspecified atom stereocenters. The highest BCUT2D eigenvalue weighted by atomic mass is 16.5. The summed E-state index contributed by atoms with van der Waals surface area (Å²) in [6.45, 7) is 1.44. The minimum Gasteiger partial charge on any atom is -0.476 e. The Morgan fingerprint density at radius 1 is 1.60 bits per heavy atom. The number of ether oxygens (including phenoxy) is 1. The molecule has 3 rings (SSSR count). The van der Waals surface area contributed by atoms with Crippen molar-refractivity contribution in [3.05, 3.63) is 30.1 Å². The first-order chi connectivity index (χ1) is 9.66. The van der Waals surface area contributed by atoms with E-state index in [0.717, 1.165) is 19.4 Å². The van der Waals surface area contributed by atoms with Crippen LogP contribution in [0.3, 0.4) is 0 Å². The molecule has 2 aromatic rings. The lowest BCUT2D eigenvalue weighted by atomic mass is 10.2. The fraction of sp³-hybridized carbons (Fsp3) is 0.429. The molecule has 0 amide bonds. The Morgan fingerprint density at radius 2 is 2.45 bits per heavy atom. The van der Waals surface area contributed by atoms with Crippen LogP contribution in [-0.2, 0) is 4.74 Å². The highest BCUT2D eigenvalue weighted by molar-refractivity contribution is 5.93. The standard InChI is InChI=1S/C14H17N3O3/c1-16(9-10-5-4-8-20-10)13-12(14(18)19)17-7-3-2-6-11(17)15-13/h2-3,6-7,10H,4-5,8-9H2,1H3,(H,18,19). The summed E-state index contributed by atoms with van der Waals surface area (Å²) in [5.74, 6) is -0.489. The van der Waals surface area contributed by atoms with E-state index in [4.69, 9.17) is 4.74 Å². The molecule has 1 saturated heterocycles. The van der Waals surface area contributed by atoms with E-state index in [0.29, 0.717) is 18.0 Å². The molecule has 6 heteroatoms. The van der Waals surface area contributed by atoms with Crippen molar-refractivity contribution in [2.24, 2.45) is 0 Å². The van der Waals surface area contributed by atoms with Crippen molar-refractivity contribution >= 4 is 17.4 Å². The Morgan fingerprint density at radius 3 is 3.15 bits per heavy atom. The van der Waals surface area contributed by atoms with Gasteiger partial charge in [0, 0.05) is 26.4 Å². The molecule has 3 heterocycles. The van der Waals surface area contributed by atoms with Gasteiger partial charge in [-0.15, -0.1) is 0 Å². The summed E-state index contributed by atoms with van der Waals surface area (Å²) in [5, 5.41) is 9.44. The topological polar surface area (TPSA) is 67.1 Å². The quantitative estimate of drug-likeness (QED) is 0.919. The van der Waals surface area contributed by atoms with E-state index in [1.54, 1.807) is 22.7 Å². The molecule has 0 aromatic carbocycles. The second-order valence-corrected chi connectivity index (χ2v) is 5.03. The van der Waals surface area contributed by atoms with Crippen LogP contribution >= 0.6 is 0 Å². The lowest BCUT2D eigenvalue weighted by molar-refractivity contribution is 0.0689. The molecular weight excluding hydrogens is 258 g/mol. The number of hydrogen-bond donors (Lipinski definition) is 1. The smallest absolute Gasteiger partial charge is 0.356 e. The van der Waals surface area contributed by atoms with Gasteiger partial charge in [0.2, 0.25) is 0 Å². The molecule has 6 nitrogen and oxygen atoms in total. The molecule has 0 saturated carbocycles. The predicted octanol–water partition coefficient (Wildman–Crippen LogP) is 1.65. The van der Waals surface area contributed by atoms with Crippen LogP contribution in [-0.4, -0.2) is 46.8 Å². The van der Waals surface area contributed by atoms with Crippen molar-refractivity contribution in [2.75, 3.05) is 25.1 Å². The monoisotopic (exact) mass is 275 g/mol. The van der Waals surface area contributed by atoms with E-state index < -0.39 is 5.97 Å². The van der Waals surface area contributed by atoms with Crippen LogP contribution < -0.4 is 4.90 Å². The Balaban J connectivity index is 1.96. The molecule has 106 valence electrons. The molecule has 20 heavy (non-hydrogen) atoms. The van der Waals surface area contributed by atoms with Crippen LogP contribution in [0.4, 0.5) is 5.82 Å². The van der Waals surface area contributed by atoms with Crippen molar-refractivity contribution in [1.29, 1.82) is 0 Å². The number of imidazole rings is 1. The second-order valence-electron chi connectivity index (χ2n) is 5.03. The SMILES string of the molecule is CN(CC1CCCO1)c1nc2ccccn2c1C(=O)O. The maximum atomic E-state index is 11.5. The van der Waals surface area contributed by atoms with E-state index in [9.17, 15) is 9.90 Å². The number of likely N-dealkylation sites (N-methyl/N-ethyl adjacent to an activating group) is 1. The summed E-state index contributed by atoms with van der Waals surface area (Å²) >= 11 is 0. The lowest BCUT2D eigenvalue weighted by Crippen LogP contribution is -2.30. The van der Waals surface area contributed by atoms with E-state index >= 15 is 0 Å². The normalized spacial score (nSPS) is 18.6. The van der Waals surface area contributed by atoms with E-state index in [1.807, 2.05) is 18.0 Å². The van der Waals surface area contributed by atoms with Gasteiger partial charge in [0.05, 0.1) is 6.10 Å². The zero-order chi connectivity index (χ0) is 14.1. The third kappa shape index (κ3) is 2.22. The van der Waals surface area contributed by atoms with Crippen molar-refractivity contribution in [2.45, 2.75) is 18.9 Å². The Kier molecular flexibility index (Phi) is 3.31. The number of nitrogens with zero attached hydrogens (tertiary/aromatic N) is 3. The number of carbonyl (C=O) groups is 1. The van der Waals surface area contributed by atoms with Crippen LogP contribution in [0, 0.1) is 0 Å². The summed E-state index contributed by atoms with van der Waals surface area (Å²) in [4.78, 5) is 17.8. The zero-order valence-electron chi connectivity index (χ0n) is 11.3. The molecule has 0 spiro atoms. The first kappa shape index (κ1) is 12.9. The number of carboxylic acid groups (broad SMARTS) is 1. The second kappa shape index (κ2) is 5.13. The van der Waals surface area contributed by atoms with Crippen LogP contribution in [0.25, 0.3) is 5.65 Å². The van der Waals surface area contributed by atoms with Gasteiger partial charge in [0.15, 0.2) is 11.5 Å². The third-order valence-electron chi connectivity index (χ3n) is 3.58. The van der Waals surface area contributed by atoms with Gasteiger partial charge < -0.3 is 14.7 Å². The maximum absolute atomic E-state index is 11.5. The minimum atomic E-state index is -0.974. The van der Waals surface area contributed by atoms with Crippen LogP contribution in [0.5, 0.6) is 0 Å². The van der Waals surface area contributed by atoms with Crippen molar-refractivity contribution < 1.29 is 14.6 Å². The molecule has 2 aromatic heterocycles. The fourth-order valence-electron chi connectivity index (χ4n) is 2.63. The molecular formula is C14H17N3O3. The average Bonchev–Trinajstić information content (AvgIpc) is 3.04. The highest BCUT2D eigenvalue weighted by Gasteiger charge is 2.24. The number of fused-ring (bicyclic) bond motifs is 1.